The van der Waals surface area contributed by atoms with Gasteiger partial charge in [0.05, 0.1) is 18.1 Å². The van der Waals surface area contributed by atoms with Crippen molar-refractivity contribution in [3.8, 4) is 0 Å². The van der Waals surface area contributed by atoms with Crippen molar-refractivity contribution >= 4 is 27.5 Å². The summed E-state index contributed by atoms with van der Waals surface area (Å²) >= 11 is 3.22. The first-order chi connectivity index (χ1) is 9.06. The molecule has 0 aliphatic carbocycles. The molecule has 0 bridgehead atoms. The zero-order chi connectivity index (χ0) is 14.3. The largest absolute Gasteiger partial charge is 0.379 e. The van der Waals surface area contributed by atoms with Gasteiger partial charge in [0.1, 0.15) is 0 Å². The van der Waals surface area contributed by atoms with Crippen LogP contribution in [0.15, 0.2) is 18.2 Å². The van der Waals surface area contributed by atoms with E-state index in [-0.39, 0.29) is 17.2 Å². The van der Waals surface area contributed by atoms with Gasteiger partial charge in [-0.15, -0.1) is 0 Å². The van der Waals surface area contributed by atoms with Gasteiger partial charge >= 0.3 is 0 Å². The lowest BCUT2D eigenvalue weighted by Crippen LogP contribution is -2.27. The SMILES string of the molecule is Cc1ccc(C(=O)NCCOCCBr)cc1[N+](=O)[O-]. The van der Waals surface area contributed by atoms with Crippen molar-refractivity contribution in [2.24, 2.45) is 0 Å². The molecule has 1 aromatic rings. The molecule has 0 saturated carbocycles. The van der Waals surface area contributed by atoms with E-state index < -0.39 is 4.92 Å². The number of carbonyl (C=O) groups is 1. The molecule has 104 valence electrons. The second kappa shape index (κ2) is 7.85. The molecule has 0 spiro atoms. The number of carbonyl (C=O) groups excluding carboxylic acids is 1. The minimum atomic E-state index is -0.495. The highest BCUT2D eigenvalue weighted by atomic mass is 79.9. The molecule has 1 amide bonds. The predicted molar refractivity (Wildman–Crippen MR) is 74.8 cm³/mol. The van der Waals surface area contributed by atoms with Gasteiger partial charge in [-0.25, -0.2) is 0 Å². The Morgan fingerprint density at radius 1 is 1.47 bits per heavy atom. The van der Waals surface area contributed by atoms with Crippen LogP contribution in [0.4, 0.5) is 5.69 Å². The fourth-order valence-electron chi connectivity index (χ4n) is 1.44. The van der Waals surface area contributed by atoms with E-state index in [2.05, 4.69) is 21.2 Å². The van der Waals surface area contributed by atoms with Gasteiger partial charge in [0, 0.05) is 29.1 Å². The van der Waals surface area contributed by atoms with Gasteiger partial charge in [-0.1, -0.05) is 22.0 Å². The molecule has 0 fully saturated rings. The number of alkyl halides is 1. The van der Waals surface area contributed by atoms with Crippen molar-refractivity contribution in [3.05, 3.63) is 39.4 Å². The minimum absolute atomic E-state index is 0.0526. The second-order valence-corrected chi connectivity index (χ2v) is 4.61. The summed E-state index contributed by atoms with van der Waals surface area (Å²) in [4.78, 5) is 22.0. The number of nitro benzene ring substituents is 1. The quantitative estimate of drug-likeness (QED) is 0.359. The van der Waals surface area contributed by atoms with Gasteiger partial charge in [-0.3, -0.25) is 14.9 Å². The molecular weight excluding hydrogens is 316 g/mol. The van der Waals surface area contributed by atoms with E-state index in [0.29, 0.717) is 25.3 Å². The summed E-state index contributed by atoms with van der Waals surface area (Å²) in [7, 11) is 0. The van der Waals surface area contributed by atoms with Crippen LogP contribution in [-0.4, -0.2) is 35.9 Å². The van der Waals surface area contributed by atoms with Gasteiger partial charge in [-0.2, -0.15) is 0 Å². The normalized spacial score (nSPS) is 10.2. The molecule has 0 aliphatic heterocycles. The smallest absolute Gasteiger partial charge is 0.273 e. The Balaban J connectivity index is 2.57. The predicted octanol–water partition coefficient (Wildman–Crippen LogP) is 2.04. The Kier molecular flexibility index (Phi) is 6.44. The first-order valence-corrected chi connectivity index (χ1v) is 6.85. The maximum absolute atomic E-state index is 11.8. The number of nitrogens with zero attached hydrogens (tertiary/aromatic N) is 1. The maximum atomic E-state index is 11.8. The molecule has 0 radical (unpaired) electrons. The van der Waals surface area contributed by atoms with Crippen LogP contribution < -0.4 is 5.32 Å². The van der Waals surface area contributed by atoms with Crippen molar-refractivity contribution in [1.82, 2.24) is 5.32 Å². The first kappa shape index (κ1) is 15.6. The van der Waals surface area contributed by atoms with E-state index in [0.717, 1.165) is 5.33 Å². The van der Waals surface area contributed by atoms with Crippen LogP contribution in [0.2, 0.25) is 0 Å². The fourth-order valence-corrected chi connectivity index (χ4v) is 1.67. The number of benzene rings is 1. The number of hydrogen-bond donors (Lipinski definition) is 1. The van der Waals surface area contributed by atoms with E-state index in [1.54, 1.807) is 19.1 Å². The van der Waals surface area contributed by atoms with Crippen LogP contribution in [0.5, 0.6) is 0 Å². The van der Waals surface area contributed by atoms with E-state index >= 15 is 0 Å². The summed E-state index contributed by atoms with van der Waals surface area (Å²) in [5, 5.41) is 14.2. The molecule has 6 nitrogen and oxygen atoms in total. The molecule has 1 aromatic carbocycles. The van der Waals surface area contributed by atoms with Crippen LogP contribution in [0, 0.1) is 17.0 Å². The fraction of sp³-hybridized carbons (Fsp3) is 0.417. The lowest BCUT2D eigenvalue weighted by molar-refractivity contribution is -0.385. The van der Waals surface area contributed by atoms with Gasteiger partial charge < -0.3 is 10.1 Å². The zero-order valence-corrected chi connectivity index (χ0v) is 12.1. The highest BCUT2D eigenvalue weighted by Gasteiger charge is 2.14. The number of hydrogen-bond acceptors (Lipinski definition) is 4. The van der Waals surface area contributed by atoms with Crippen LogP contribution in [0.1, 0.15) is 15.9 Å². The molecule has 0 atom stereocenters. The molecule has 7 heteroatoms. The number of nitro groups is 1. The van der Waals surface area contributed by atoms with E-state index in [4.69, 9.17) is 4.74 Å². The molecule has 0 aromatic heterocycles. The van der Waals surface area contributed by atoms with Crippen molar-refractivity contribution in [2.75, 3.05) is 25.1 Å². The number of aryl methyl sites for hydroxylation is 1. The van der Waals surface area contributed by atoms with Gasteiger partial charge in [0.25, 0.3) is 11.6 Å². The number of rotatable bonds is 7. The Labute approximate surface area is 119 Å². The highest BCUT2D eigenvalue weighted by molar-refractivity contribution is 9.09. The minimum Gasteiger partial charge on any atom is -0.379 e. The summed E-state index contributed by atoms with van der Waals surface area (Å²) in [5.41, 5.74) is 0.753. The summed E-state index contributed by atoms with van der Waals surface area (Å²) in [6.45, 7) is 2.98. The van der Waals surface area contributed by atoms with Gasteiger partial charge in [-0.05, 0) is 13.0 Å². The molecular formula is C12H15BrN2O4. The monoisotopic (exact) mass is 330 g/mol. The van der Waals surface area contributed by atoms with Crippen molar-refractivity contribution in [2.45, 2.75) is 6.92 Å². The summed E-state index contributed by atoms with van der Waals surface area (Å²) in [5.74, 6) is -0.342. The average Bonchev–Trinajstić information content (AvgIpc) is 2.38. The maximum Gasteiger partial charge on any atom is 0.273 e. The average molecular weight is 331 g/mol. The van der Waals surface area contributed by atoms with E-state index in [9.17, 15) is 14.9 Å². The lowest BCUT2D eigenvalue weighted by Gasteiger charge is -2.06. The molecule has 1 rings (SSSR count). The molecule has 19 heavy (non-hydrogen) atoms. The molecule has 0 aliphatic rings. The van der Waals surface area contributed by atoms with E-state index in [1.165, 1.54) is 6.07 Å². The second-order valence-electron chi connectivity index (χ2n) is 3.82. The van der Waals surface area contributed by atoms with Crippen molar-refractivity contribution < 1.29 is 14.5 Å². The van der Waals surface area contributed by atoms with Crippen LogP contribution in [0.3, 0.4) is 0 Å². The first-order valence-electron chi connectivity index (χ1n) is 5.73. The third kappa shape index (κ3) is 4.96. The topological polar surface area (TPSA) is 81.5 Å². The Bertz CT molecular complexity index is 465. The van der Waals surface area contributed by atoms with Crippen LogP contribution in [0.25, 0.3) is 0 Å². The standard InChI is InChI=1S/C12H15BrN2O4/c1-9-2-3-10(8-11(9)15(17)18)12(16)14-5-7-19-6-4-13/h2-3,8H,4-7H2,1H3,(H,14,16). The summed E-state index contributed by atoms with van der Waals surface area (Å²) in [6, 6.07) is 4.41. The van der Waals surface area contributed by atoms with Crippen molar-refractivity contribution in [1.29, 1.82) is 0 Å². The molecule has 1 N–H and O–H groups in total. The molecule has 0 unspecified atom stereocenters. The zero-order valence-electron chi connectivity index (χ0n) is 10.5. The Morgan fingerprint density at radius 2 is 2.21 bits per heavy atom. The van der Waals surface area contributed by atoms with Crippen LogP contribution >= 0.6 is 15.9 Å². The number of ether oxygens (including phenoxy) is 1. The van der Waals surface area contributed by atoms with Gasteiger partial charge in [0.15, 0.2) is 0 Å². The molecule has 0 heterocycles. The summed E-state index contributed by atoms with van der Waals surface area (Å²) in [6.07, 6.45) is 0. The number of amides is 1. The summed E-state index contributed by atoms with van der Waals surface area (Å²) < 4.78 is 5.18. The third-order valence-corrected chi connectivity index (χ3v) is 2.75. The number of nitrogens with one attached hydrogen (secondary N) is 1. The molecule has 0 saturated heterocycles. The Morgan fingerprint density at radius 3 is 2.84 bits per heavy atom. The lowest BCUT2D eigenvalue weighted by atomic mass is 10.1. The van der Waals surface area contributed by atoms with Crippen LogP contribution in [-0.2, 0) is 4.74 Å². The Hall–Kier alpha value is -1.47. The van der Waals surface area contributed by atoms with Gasteiger partial charge in [0.2, 0.25) is 0 Å². The third-order valence-electron chi connectivity index (χ3n) is 2.42. The highest BCUT2D eigenvalue weighted by Crippen LogP contribution is 2.19. The van der Waals surface area contributed by atoms with Crippen molar-refractivity contribution in [3.63, 3.8) is 0 Å². The number of halogens is 1. The van der Waals surface area contributed by atoms with E-state index in [1.807, 2.05) is 0 Å².